The lowest BCUT2D eigenvalue weighted by Crippen LogP contribution is -2.37. The van der Waals surface area contributed by atoms with Gasteiger partial charge in [0.05, 0.1) is 11.5 Å². The number of rotatable bonds is 12. The molecule has 4 rings (SSSR count). The van der Waals surface area contributed by atoms with Gasteiger partial charge < -0.3 is 15.2 Å². The number of benzene rings is 2. The summed E-state index contributed by atoms with van der Waals surface area (Å²) in [6.07, 6.45) is 4.82. The number of amides is 1. The van der Waals surface area contributed by atoms with E-state index >= 15 is 0 Å². The van der Waals surface area contributed by atoms with Gasteiger partial charge in [-0.2, -0.15) is 0 Å². The molecule has 0 unspecified atom stereocenters. The fraction of sp³-hybridized carbons (Fsp3) is 0.467. The number of aryl methyl sites for hydroxylation is 2. The second-order valence-electron chi connectivity index (χ2n) is 10.3. The number of aliphatic carboxylic acids is 1. The molecule has 1 fully saturated rings. The van der Waals surface area contributed by atoms with Crippen molar-refractivity contribution in [3.05, 3.63) is 58.9 Å². The van der Waals surface area contributed by atoms with Crippen molar-refractivity contribution in [2.24, 2.45) is 5.92 Å². The highest BCUT2D eigenvalue weighted by Crippen LogP contribution is 2.34. The van der Waals surface area contributed by atoms with Crippen LogP contribution in [0.5, 0.6) is 5.75 Å². The second-order valence-corrected chi connectivity index (χ2v) is 11.3. The van der Waals surface area contributed by atoms with Gasteiger partial charge in [-0.15, -0.1) is 10.2 Å². The first-order valence-corrected chi connectivity index (χ1v) is 14.7. The van der Waals surface area contributed by atoms with E-state index in [1.165, 1.54) is 28.4 Å². The highest BCUT2D eigenvalue weighted by molar-refractivity contribution is 7.18. The van der Waals surface area contributed by atoms with Gasteiger partial charge in [0.25, 0.3) is 5.91 Å². The van der Waals surface area contributed by atoms with Crippen LogP contribution in [0.1, 0.15) is 66.9 Å². The molecule has 0 atom stereocenters. The maximum Gasteiger partial charge on any atom is 0.306 e. The SMILES string of the molecule is CCCCN(C(=O)c1ccccc1F)c1nnc(-c2cc(C)c(OCCNC3CCC(C(=O)O)CC3)c(C)c2)s1. The van der Waals surface area contributed by atoms with E-state index in [1.54, 1.807) is 12.1 Å². The molecule has 0 bridgehead atoms. The number of carboxylic acids is 1. The number of hydrogen-bond donors (Lipinski definition) is 2. The first kappa shape index (κ1) is 29.6. The molecule has 3 aromatic rings. The summed E-state index contributed by atoms with van der Waals surface area (Å²) in [4.78, 5) is 25.9. The molecular weight excluding hydrogens is 531 g/mol. The summed E-state index contributed by atoms with van der Waals surface area (Å²) in [6, 6.07) is 10.3. The number of ether oxygens (including phenoxy) is 1. The summed E-state index contributed by atoms with van der Waals surface area (Å²) in [6.45, 7) is 7.64. The van der Waals surface area contributed by atoms with Gasteiger partial charge in [0, 0.05) is 24.7 Å². The monoisotopic (exact) mass is 568 g/mol. The standard InChI is InChI=1S/C30H37FN4O4S/c1-4-5-15-35(28(36)24-8-6-7-9-25(24)31)30-34-33-27(40-30)22-17-19(2)26(20(3)18-22)39-16-14-32-23-12-10-21(11-13-23)29(37)38/h6-9,17-18,21,23,32H,4-5,10-16H2,1-3H3,(H,37,38). The number of carboxylic acid groups (broad SMARTS) is 1. The van der Waals surface area contributed by atoms with Crippen molar-refractivity contribution >= 4 is 28.3 Å². The number of aromatic nitrogens is 2. The quantitative estimate of drug-likeness (QED) is 0.258. The lowest BCUT2D eigenvalue weighted by Gasteiger charge is -2.27. The summed E-state index contributed by atoms with van der Waals surface area (Å²) >= 11 is 1.31. The van der Waals surface area contributed by atoms with Crippen LogP contribution in [-0.4, -0.2) is 52.9 Å². The highest BCUT2D eigenvalue weighted by Gasteiger charge is 2.26. The van der Waals surface area contributed by atoms with Gasteiger partial charge in [-0.05, 0) is 81.3 Å². The fourth-order valence-corrected chi connectivity index (χ4v) is 5.94. The number of anilines is 1. The van der Waals surface area contributed by atoms with Crippen molar-refractivity contribution in [3.63, 3.8) is 0 Å². The van der Waals surface area contributed by atoms with E-state index in [9.17, 15) is 14.0 Å². The largest absolute Gasteiger partial charge is 0.492 e. The summed E-state index contributed by atoms with van der Waals surface area (Å²) in [5.41, 5.74) is 2.84. The molecule has 40 heavy (non-hydrogen) atoms. The maximum absolute atomic E-state index is 14.4. The first-order valence-electron chi connectivity index (χ1n) is 13.9. The summed E-state index contributed by atoms with van der Waals surface area (Å²) < 4.78 is 20.5. The zero-order valence-corrected chi connectivity index (χ0v) is 24.1. The molecule has 1 saturated carbocycles. The molecule has 10 heteroatoms. The maximum atomic E-state index is 14.4. The van der Waals surface area contributed by atoms with Gasteiger partial charge >= 0.3 is 5.97 Å². The van der Waals surface area contributed by atoms with Gasteiger partial charge in [0.15, 0.2) is 0 Å². The molecule has 1 amide bonds. The lowest BCUT2D eigenvalue weighted by molar-refractivity contribution is -0.142. The molecule has 0 spiro atoms. The number of carbonyl (C=O) groups excluding carboxylic acids is 1. The molecule has 0 aliphatic heterocycles. The van der Waals surface area contributed by atoms with Gasteiger partial charge in [-0.3, -0.25) is 14.5 Å². The first-order chi connectivity index (χ1) is 19.3. The minimum absolute atomic E-state index is 0.0194. The molecule has 0 saturated heterocycles. The normalized spacial score (nSPS) is 17.0. The Morgan fingerprint density at radius 1 is 1.12 bits per heavy atom. The smallest absolute Gasteiger partial charge is 0.306 e. The number of hydrogen-bond acceptors (Lipinski definition) is 7. The Labute approximate surface area is 238 Å². The highest BCUT2D eigenvalue weighted by atomic mass is 32.1. The third-order valence-corrected chi connectivity index (χ3v) is 8.29. The molecule has 1 aliphatic rings. The topological polar surface area (TPSA) is 105 Å². The molecule has 2 aromatic carbocycles. The van der Waals surface area contributed by atoms with E-state index in [0.717, 1.165) is 48.1 Å². The van der Waals surface area contributed by atoms with E-state index in [1.807, 2.05) is 32.9 Å². The van der Waals surface area contributed by atoms with Crippen molar-refractivity contribution in [2.45, 2.75) is 65.3 Å². The predicted octanol–water partition coefficient (Wildman–Crippen LogP) is 6.02. The molecule has 1 aromatic heterocycles. The van der Waals surface area contributed by atoms with Crippen molar-refractivity contribution in [3.8, 4) is 16.3 Å². The van der Waals surface area contributed by atoms with Crippen LogP contribution < -0.4 is 15.0 Å². The van der Waals surface area contributed by atoms with Crippen molar-refractivity contribution in [1.82, 2.24) is 15.5 Å². The zero-order chi connectivity index (χ0) is 28.6. The van der Waals surface area contributed by atoms with Crippen LogP contribution in [-0.2, 0) is 4.79 Å². The van der Waals surface area contributed by atoms with E-state index < -0.39 is 17.7 Å². The molecule has 1 heterocycles. The second kappa shape index (κ2) is 13.8. The van der Waals surface area contributed by atoms with Crippen LogP contribution in [0.4, 0.5) is 9.52 Å². The molecule has 214 valence electrons. The molecule has 2 N–H and O–H groups in total. The molecule has 8 nitrogen and oxygen atoms in total. The Kier molecular flexibility index (Phi) is 10.2. The van der Waals surface area contributed by atoms with Gasteiger partial charge in [0.1, 0.15) is 23.2 Å². The van der Waals surface area contributed by atoms with Crippen LogP contribution in [0.25, 0.3) is 10.6 Å². The Morgan fingerprint density at radius 2 is 1.82 bits per heavy atom. The summed E-state index contributed by atoms with van der Waals surface area (Å²) in [5.74, 6) is -1.06. The van der Waals surface area contributed by atoms with E-state index in [0.29, 0.717) is 48.7 Å². The Hall–Kier alpha value is -3.37. The zero-order valence-electron chi connectivity index (χ0n) is 23.3. The van der Waals surface area contributed by atoms with E-state index in [2.05, 4.69) is 15.5 Å². The number of halogens is 1. The Balaban J connectivity index is 1.40. The molecule has 0 radical (unpaired) electrons. The van der Waals surface area contributed by atoms with Crippen molar-refractivity contribution < 1.29 is 23.8 Å². The Morgan fingerprint density at radius 3 is 2.48 bits per heavy atom. The summed E-state index contributed by atoms with van der Waals surface area (Å²) in [7, 11) is 0. The van der Waals surface area contributed by atoms with Crippen LogP contribution in [0.15, 0.2) is 36.4 Å². The predicted molar refractivity (Wildman–Crippen MR) is 155 cm³/mol. The number of carbonyl (C=O) groups is 2. The minimum Gasteiger partial charge on any atom is -0.492 e. The average Bonchev–Trinajstić information content (AvgIpc) is 3.43. The van der Waals surface area contributed by atoms with E-state index in [-0.39, 0.29) is 11.5 Å². The molecule has 1 aliphatic carbocycles. The van der Waals surface area contributed by atoms with Crippen molar-refractivity contribution in [1.29, 1.82) is 0 Å². The van der Waals surface area contributed by atoms with Gasteiger partial charge in [-0.25, -0.2) is 4.39 Å². The average molecular weight is 569 g/mol. The fourth-order valence-electron chi connectivity index (χ4n) is 5.08. The van der Waals surface area contributed by atoms with Crippen LogP contribution in [0.2, 0.25) is 0 Å². The molecular formula is C30H37FN4O4S. The van der Waals surface area contributed by atoms with Crippen LogP contribution >= 0.6 is 11.3 Å². The van der Waals surface area contributed by atoms with Crippen molar-refractivity contribution in [2.75, 3.05) is 24.6 Å². The van der Waals surface area contributed by atoms with Crippen LogP contribution in [0.3, 0.4) is 0 Å². The van der Waals surface area contributed by atoms with E-state index in [4.69, 9.17) is 9.84 Å². The lowest BCUT2D eigenvalue weighted by atomic mass is 9.86. The Bertz CT molecular complexity index is 1300. The minimum atomic E-state index is -0.689. The summed E-state index contributed by atoms with van der Waals surface area (Å²) in [5, 5.41) is 22.4. The van der Waals surface area contributed by atoms with Gasteiger partial charge in [0.2, 0.25) is 5.13 Å². The number of nitrogens with zero attached hydrogens (tertiary/aromatic N) is 3. The third kappa shape index (κ3) is 7.22. The number of nitrogens with one attached hydrogen (secondary N) is 1. The number of unbranched alkanes of at least 4 members (excludes halogenated alkanes) is 1. The van der Waals surface area contributed by atoms with Crippen LogP contribution in [0, 0.1) is 25.6 Å². The van der Waals surface area contributed by atoms with Gasteiger partial charge in [-0.1, -0.05) is 36.8 Å². The third-order valence-electron chi connectivity index (χ3n) is 7.30.